The van der Waals surface area contributed by atoms with E-state index in [-0.39, 0.29) is 24.0 Å². The van der Waals surface area contributed by atoms with E-state index in [1.807, 2.05) is 63.2 Å². The molecule has 0 bridgehead atoms. The summed E-state index contributed by atoms with van der Waals surface area (Å²) < 4.78 is 23.6. The van der Waals surface area contributed by atoms with Crippen LogP contribution in [0.4, 0.5) is 0 Å². The Balaban J connectivity index is 0.00000480. The molecule has 0 heterocycles. The van der Waals surface area contributed by atoms with E-state index in [0.29, 0.717) is 25.5 Å². The summed E-state index contributed by atoms with van der Waals surface area (Å²) in [6.45, 7) is 9.16. The van der Waals surface area contributed by atoms with Crippen LogP contribution in [0.15, 0.2) is 58.4 Å². The third-order valence-electron chi connectivity index (χ3n) is 4.21. The molecule has 2 N–H and O–H groups in total. The van der Waals surface area contributed by atoms with Crippen molar-refractivity contribution in [2.24, 2.45) is 4.99 Å². The highest BCUT2D eigenvalue weighted by Gasteiger charge is 2.07. The topological polar surface area (TPSA) is 72.0 Å². The molecular formula is C23H34IN3O3S. The number of rotatable bonds is 12. The average molecular weight is 560 g/mol. The van der Waals surface area contributed by atoms with Gasteiger partial charge in [-0.3, -0.25) is 9.20 Å². The zero-order chi connectivity index (χ0) is 21.6. The van der Waals surface area contributed by atoms with Crippen LogP contribution in [0.1, 0.15) is 26.3 Å². The fraction of sp³-hybridized carbons (Fsp3) is 0.435. The van der Waals surface area contributed by atoms with Gasteiger partial charge in [0.1, 0.15) is 0 Å². The van der Waals surface area contributed by atoms with Crippen molar-refractivity contribution in [2.45, 2.75) is 32.1 Å². The molecule has 0 amide bonds. The molecule has 0 fully saturated rings. The van der Waals surface area contributed by atoms with Crippen LogP contribution in [0, 0.1) is 0 Å². The fourth-order valence-corrected chi connectivity index (χ4v) is 3.80. The smallest absolute Gasteiger partial charge is 0.191 e. The van der Waals surface area contributed by atoms with Crippen molar-refractivity contribution in [3.63, 3.8) is 0 Å². The molecule has 1 unspecified atom stereocenters. The van der Waals surface area contributed by atoms with E-state index in [1.54, 1.807) is 0 Å². The molecule has 2 aromatic carbocycles. The molecule has 8 heteroatoms. The highest BCUT2D eigenvalue weighted by atomic mass is 127. The van der Waals surface area contributed by atoms with Crippen LogP contribution in [0.2, 0.25) is 0 Å². The van der Waals surface area contributed by atoms with E-state index < -0.39 is 10.8 Å². The van der Waals surface area contributed by atoms with Crippen LogP contribution >= 0.6 is 24.0 Å². The minimum Gasteiger partial charge on any atom is -0.490 e. The van der Waals surface area contributed by atoms with Gasteiger partial charge in [-0.25, -0.2) is 0 Å². The van der Waals surface area contributed by atoms with Crippen molar-refractivity contribution in [2.75, 3.05) is 38.6 Å². The Morgan fingerprint density at radius 1 is 0.968 bits per heavy atom. The third-order valence-corrected chi connectivity index (χ3v) is 5.56. The van der Waals surface area contributed by atoms with Crippen molar-refractivity contribution in [3.8, 4) is 11.5 Å². The average Bonchev–Trinajstić information content (AvgIpc) is 2.76. The first-order chi connectivity index (χ1) is 14.7. The largest absolute Gasteiger partial charge is 0.490 e. The number of hydrogen-bond donors (Lipinski definition) is 2. The molecule has 0 saturated heterocycles. The van der Waals surface area contributed by atoms with Gasteiger partial charge in [0, 0.05) is 23.7 Å². The highest BCUT2D eigenvalue weighted by Crippen LogP contribution is 2.28. The van der Waals surface area contributed by atoms with Crippen LogP contribution in [0.25, 0.3) is 0 Å². The van der Waals surface area contributed by atoms with Crippen LogP contribution in [-0.2, 0) is 17.2 Å². The maximum absolute atomic E-state index is 12.3. The summed E-state index contributed by atoms with van der Waals surface area (Å²) in [6.07, 6.45) is 0.826. The molecular weight excluding hydrogens is 525 g/mol. The molecule has 0 aliphatic rings. The quantitative estimate of drug-likeness (QED) is 0.234. The molecule has 2 rings (SSSR count). The summed E-state index contributed by atoms with van der Waals surface area (Å²) in [7, 11) is -1.04. The number of hydrogen-bond acceptors (Lipinski definition) is 4. The number of aliphatic imine (C=N–C) groups is 1. The minimum absolute atomic E-state index is 0. The highest BCUT2D eigenvalue weighted by molar-refractivity contribution is 14.0. The molecule has 31 heavy (non-hydrogen) atoms. The lowest BCUT2D eigenvalue weighted by molar-refractivity contribution is 0.287. The SMILES string of the molecule is CCNC(=NCCS(=O)c1ccccc1)NCCc1ccc(OCC)c(OCC)c1.I. The summed E-state index contributed by atoms with van der Waals surface area (Å²) >= 11 is 0. The van der Waals surface area contributed by atoms with Crippen molar-refractivity contribution in [1.29, 1.82) is 0 Å². The molecule has 2 aromatic rings. The van der Waals surface area contributed by atoms with Crippen molar-refractivity contribution < 1.29 is 13.7 Å². The van der Waals surface area contributed by atoms with Crippen molar-refractivity contribution >= 4 is 40.7 Å². The van der Waals surface area contributed by atoms with Gasteiger partial charge >= 0.3 is 0 Å². The number of halogens is 1. The van der Waals surface area contributed by atoms with E-state index in [4.69, 9.17) is 9.47 Å². The Morgan fingerprint density at radius 3 is 2.35 bits per heavy atom. The Labute approximate surface area is 205 Å². The van der Waals surface area contributed by atoms with Crippen molar-refractivity contribution in [1.82, 2.24) is 10.6 Å². The Hall–Kier alpha value is -1.81. The second-order valence-corrected chi connectivity index (χ2v) is 8.02. The van der Waals surface area contributed by atoms with Gasteiger partial charge in [-0.05, 0) is 57.0 Å². The molecule has 0 aromatic heterocycles. The van der Waals surface area contributed by atoms with Gasteiger partial charge in [0.2, 0.25) is 0 Å². The first-order valence-electron chi connectivity index (χ1n) is 10.5. The summed E-state index contributed by atoms with van der Waals surface area (Å²) in [5.41, 5.74) is 1.16. The Bertz CT molecular complexity index is 819. The Kier molecular flexibility index (Phi) is 14.0. The zero-order valence-corrected chi connectivity index (χ0v) is 21.7. The normalized spacial score (nSPS) is 11.9. The van der Waals surface area contributed by atoms with Gasteiger partial charge in [-0.15, -0.1) is 24.0 Å². The summed E-state index contributed by atoms with van der Waals surface area (Å²) in [5.74, 6) is 2.79. The molecule has 0 spiro atoms. The fourth-order valence-electron chi connectivity index (χ4n) is 2.85. The molecule has 0 aliphatic heterocycles. The van der Waals surface area contributed by atoms with E-state index in [0.717, 1.165) is 47.4 Å². The number of guanidine groups is 1. The van der Waals surface area contributed by atoms with E-state index >= 15 is 0 Å². The van der Waals surface area contributed by atoms with Gasteiger partial charge in [0.05, 0.1) is 30.6 Å². The zero-order valence-electron chi connectivity index (χ0n) is 18.6. The van der Waals surface area contributed by atoms with E-state index in [9.17, 15) is 4.21 Å². The molecule has 1 atom stereocenters. The van der Waals surface area contributed by atoms with Gasteiger partial charge < -0.3 is 20.1 Å². The van der Waals surface area contributed by atoms with Crippen LogP contribution in [-0.4, -0.2) is 48.8 Å². The van der Waals surface area contributed by atoms with Gasteiger partial charge in [-0.1, -0.05) is 24.3 Å². The number of nitrogens with one attached hydrogen (secondary N) is 2. The maximum Gasteiger partial charge on any atom is 0.191 e. The van der Waals surface area contributed by atoms with Crippen LogP contribution in [0.3, 0.4) is 0 Å². The molecule has 0 radical (unpaired) electrons. The van der Waals surface area contributed by atoms with Crippen molar-refractivity contribution in [3.05, 3.63) is 54.1 Å². The second kappa shape index (κ2) is 15.9. The number of benzene rings is 2. The lowest BCUT2D eigenvalue weighted by Crippen LogP contribution is -2.38. The monoisotopic (exact) mass is 559 g/mol. The lowest BCUT2D eigenvalue weighted by atomic mass is 10.1. The second-order valence-electron chi connectivity index (χ2n) is 6.45. The van der Waals surface area contributed by atoms with E-state index in [2.05, 4.69) is 21.7 Å². The van der Waals surface area contributed by atoms with Gasteiger partial charge in [0.15, 0.2) is 17.5 Å². The van der Waals surface area contributed by atoms with E-state index in [1.165, 1.54) is 0 Å². The summed E-state index contributed by atoms with van der Waals surface area (Å²) in [4.78, 5) is 5.39. The predicted octanol–water partition coefficient (Wildman–Crippen LogP) is 4.01. The van der Waals surface area contributed by atoms with Gasteiger partial charge in [0.25, 0.3) is 0 Å². The first kappa shape index (κ1) is 27.2. The molecule has 0 saturated carbocycles. The predicted molar refractivity (Wildman–Crippen MR) is 140 cm³/mol. The molecule has 0 aliphatic carbocycles. The summed E-state index contributed by atoms with van der Waals surface area (Å²) in [6, 6.07) is 15.6. The minimum atomic E-state index is -1.04. The standard InChI is InChI=1S/C23H33N3O3S.HI/c1-4-24-23(26-16-17-30(27)20-10-8-7-9-11-20)25-15-14-19-12-13-21(28-5-2)22(18-19)29-6-3;/h7-13,18H,4-6,14-17H2,1-3H3,(H2,24,25,26);1H. The summed E-state index contributed by atoms with van der Waals surface area (Å²) in [5, 5.41) is 6.58. The van der Waals surface area contributed by atoms with Crippen LogP contribution < -0.4 is 20.1 Å². The number of nitrogens with zero attached hydrogens (tertiary/aromatic N) is 1. The number of ether oxygens (including phenoxy) is 2. The third kappa shape index (κ3) is 9.90. The molecule has 172 valence electrons. The molecule has 6 nitrogen and oxygen atoms in total. The van der Waals surface area contributed by atoms with Crippen LogP contribution in [0.5, 0.6) is 11.5 Å². The van der Waals surface area contributed by atoms with Gasteiger partial charge in [-0.2, -0.15) is 0 Å². The Morgan fingerprint density at radius 2 is 1.68 bits per heavy atom. The lowest BCUT2D eigenvalue weighted by Gasteiger charge is -2.14. The first-order valence-corrected chi connectivity index (χ1v) is 11.8. The maximum atomic E-state index is 12.3.